The summed E-state index contributed by atoms with van der Waals surface area (Å²) in [7, 11) is 0. The van der Waals surface area contributed by atoms with Gasteiger partial charge < -0.3 is 34.6 Å². The second-order valence-electron chi connectivity index (χ2n) is 18.4. The van der Waals surface area contributed by atoms with Gasteiger partial charge in [-0.1, -0.05) is 25.7 Å². The summed E-state index contributed by atoms with van der Waals surface area (Å²) >= 11 is 0. The molecular formula is C41H72Cl2N6O4. The summed E-state index contributed by atoms with van der Waals surface area (Å²) in [5, 5.41) is 3.46. The number of likely N-dealkylation sites (tertiary alicyclic amines) is 5. The van der Waals surface area contributed by atoms with E-state index < -0.39 is 5.60 Å². The van der Waals surface area contributed by atoms with Crippen molar-refractivity contribution in [2.24, 2.45) is 11.8 Å². The third-order valence-corrected chi connectivity index (χ3v) is 14.1. The van der Waals surface area contributed by atoms with Crippen LogP contribution in [0.3, 0.4) is 0 Å². The van der Waals surface area contributed by atoms with E-state index in [9.17, 15) is 14.4 Å². The number of hydrogen-bond donors (Lipinski definition) is 1. The molecule has 10 nitrogen and oxygen atoms in total. The molecule has 0 bridgehead atoms. The maximum atomic E-state index is 12.7. The van der Waals surface area contributed by atoms with Gasteiger partial charge in [0.05, 0.1) is 0 Å². The van der Waals surface area contributed by atoms with E-state index in [-0.39, 0.29) is 30.9 Å². The highest BCUT2D eigenvalue weighted by Crippen LogP contribution is 2.41. The first-order valence-corrected chi connectivity index (χ1v) is 21.4. The lowest BCUT2D eigenvalue weighted by atomic mass is 9.84. The Morgan fingerprint density at radius 2 is 0.962 bits per heavy atom. The van der Waals surface area contributed by atoms with Gasteiger partial charge in [-0.25, -0.2) is 4.79 Å². The van der Waals surface area contributed by atoms with Crippen LogP contribution < -0.4 is 5.32 Å². The van der Waals surface area contributed by atoms with Crippen molar-refractivity contribution >= 4 is 42.7 Å². The van der Waals surface area contributed by atoms with Crippen LogP contribution >= 0.6 is 24.8 Å². The van der Waals surface area contributed by atoms with Gasteiger partial charge in [0.1, 0.15) is 5.60 Å². The molecule has 3 amide bonds. The van der Waals surface area contributed by atoms with Crippen molar-refractivity contribution in [2.75, 3.05) is 52.4 Å². The van der Waals surface area contributed by atoms with Gasteiger partial charge >= 0.3 is 6.09 Å². The van der Waals surface area contributed by atoms with Crippen LogP contribution in [0.25, 0.3) is 0 Å². The van der Waals surface area contributed by atoms with Gasteiger partial charge in [-0.05, 0) is 123 Å². The van der Waals surface area contributed by atoms with Crippen LogP contribution in [-0.2, 0) is 14.3 Å². The molecule has 304 valence electrons. The quantitative estimate of drug-likeness (QED) is 0.350. The fraction of sp³-hybridized carbons (Fsp3) is 0.927. The number of nitrogens with zero attached hydrogens (tertiary/aromatic N) is 5. The molecule has 2 aliphatic carbocycles. The van der Waals surface area contributed by atoms with Gasteiger partial charge in [-0.15, -0.1) is 24.8 Å². The smallest absolute Gasteiger partial charge is 0.410 e. The van der Waals surface area contributed by atoms with Gasteiger partial charge in [-0.3, -0.25) is 9.59 Å². The maximum Gasteiger partial charge on any atom is 0.410 e. The lowest BCUT2D eigenvalue weighted by Gasteiger charge is -2.45. The zero-order chi connectivity index (χ0) is 35.5. The maximum absolute atomic E-state index is 12.7. The Morgan fingerprint density at radius 1 is 0.566 bits per heavy atom. The molecule has 8 aliphatic rings. The van der Waals surface area contributed by atoms with Gasteiger partial charge in [0, 0.05) is 88.4 Å². The Balaban J connectivity index is 0.000000203. The van der Waals surface area contributed by atoms with E-state index in [0.717, 1.165) is 70.7 Å². The topological polar surface area (TPSA) is 88.7 Å². The molecule has 6 saturated heterocycles. The van der Waals surface area contributed by atoms with Crippen LogP contribution in [0, 0.1) is 11.8 Å². The molecule has 8 fully saturated rings. The first-order valence-electron chi connectivity index (χ1n) is 21.4. The number of hydrogen-bond acceptors (Lipinski definition) is 7. The van der Waals surface area contributed by atoms with E-state index in [1.54, 1.807) is 0 Å². The highest BCUT2D eigenvalue weighted by atomic mass is 35.5. The molecule has 0 unspecified atom stereocenters. The number of amides is 3. The second-order valence-corrected chi connectivity index (χ2v) is 18.4. The summed E-state index contributed by atoms with van der Waals surface area (Å²) in [5.41, 5.74) is -0.430. The summed E-state index contributed by atoms with van der Waals surface area (Å²) in [5.74, 6) is 2.21. The van der Waals surface area contributed by atoms with Crippen LogP contribution in [0.2, 0.25) is 0 Å². The monoisotopic (exact) mass is 782 g/mol. The normalized spacial score (nSPS) is 31.6. The predicted molar refractivity (Wildman–Crippen MR) is 215 cm³/mol. The summed E-state index contributed by atoms with van der Waals surface area (Å²) < 4.78 is 5.52. The van der Waals surface area contributed by atoms with Crippen LogP contribution in [-0.4, -0.2) is 137 Å². The van der Waals surface area contributed by atoms with Crippen LogP contribution in [0.4, 0.5) is 4.79 Å². The third kappa shape index (κ3) is 10.4. The minimum atomic E-state index is -0.430. The summed E-state index contributed by atoms with van der Waals surface area (Å²) in [6.07, 6.45) is 21.1. The van der Waals surface area contributed by atoms with Crippen molar-refractivity contribution < 1.29 is 19.1 Å². The molecule has 53 heavy (non-hydrogen) atoms. The van der Waals surface area contributed by atoms with Crippen molar-refractivity contribution in [3.8, 4) is 0 Å². The first-order chi connectivity index (χ1) is 24.6. The fourth-order valence-corrected chi connectivity index (χ4v) is 11.5. The number of nitrogens with one attached hydrogen (secondary N) is 1. The van der Waals surface area contributed by atoms with E-state index in [0.29, 0.717) is 53.9 Å². The van der Waals surface area contributed by atoms with E-state index in [4.69, 9.17) is 4.74 Å². The van der Waals surface area contributed by atoms with E-state index >= 15 is 0 Å². The van der Waals surface area contributed by atoms with Crippen molar-refractivity contribution in [2.45, 2.75) is 178 Å². The van der Waals surface area contributed by atoms with Crippen LogP contribution in [0.15, 0.2) is 0 Å². The molecule has 6 aliphatic heterocycles. The Hall–Kier alpha value is -1.33. The van der Waals surface area contributed by atoms with Crippen LogP contribution in [0.1, 0.15) is 136 Å². The highest BCUT2D eigenvalue weighted by Gasteiger charge is 2.46. The molecule has 0 aromatic carbocycles. The molecule has 0 spiro atoms. The lowest BCUT2D eigenvalue weighted by molar-refractivity contribution is -0.133. The summed E-state index contributed by atoms with van der Waals surface area (Å²) in [4.78, 5) is 49.3. The number of piperidine rings is 4. The average Bonchev–Trinajstić information content (AvgIpc) is 3.66. The largest absolute Gasteiger partial charge is 0.444 e. The van der Waals surface area contributed by atoms with Crippen molar-refractivity contribution in [3.05, 3.63) is 0 Å². The van der Waals surface area contributed by atoms with Crippen LogP contribution in [0.5, 0.6) is 0 Å². The van der Waals surface area contributed by atoms with Gasteiger partial charge in [0.2, 0.25) is 11.8 Å². The van der Waals surface area contributed by atoms with Crippen molar-refractivity contribution in [1.82, 2.24) is 29.8 Å². The number of carbonyl (C=O) groups excluding carboxylic acids is 3. The van der Waals surface area contributed by atoms with E-state index in [2.05, 4.69) is 24.9 Å². The van der Waals surface area contributed by atoms with Crippen molar-refractivity contribution in [3.63, 3.8) is 0 Å². The first kappa shape index (κ1) is 42.8. The molecular weight excluding hydrogens is 711 g/mol. The number of rotatable bonds is 4. The molecule has 0 aromatic heterocycles. The summed E-state index contributed by atoms with van der Waals surface area (Å²) in [6, 6.07) is 3.47. The standard InChI is InChI=1S/C23H39N3O3.C18H31N3O.2ClH/c1-23(2,3)29-22(28)25-14-8-18(9-15-25)24-12-10-19(11-13-24)26-20-7-5-4-6-17(20)16-21(26)27;22-18-13-14-3-1-2-4-17(14)21(18)16-7-11-20(12-8-16)15-5-9-19-10-6-15;;/h17-20H,4-16H2,1-3H3;14-17,19H,1-13H2;2*1H/t17-,20-;14-,17-;;/m00../s1. The Morgan fingerprint density at radius 3 is 1.40 bits per heavy atom. The number of ether oxygens (including phenoxy) is 1. The minimum absolute atomic E-state index is 0. The lowest BCUT2D eigenvalue weighted by Crippen LogP contribution is -2.53. The molecule has 0 aromatic rings. The van der Waals surface area contributed by atoms with Crippen molar-refractivity contribution in [1.29, 1.82) is 0 Å². The number of halogens is 2. The number of carbonyl (C=O) groups is 3. The van der Waals surface area contributed by atoms with E-state index in [1.807, 2.05) is 25.7 Å². The number of fused-ring (bicyclic) bond motifs is 2. The molecule has 2 saturated carbocycles. The zero-order valence-electron chi connectivity index (χ0n) is 33.2. The highest BCUT2D eigenvalue weighted by molar-refractivity contribution is 5.85. The fourth-order valence-electron chi connectivity index (χ4n) is 11.5. The molecule has 4 atom stereocenters. The molecule has 1 N–H and O–H groups in total. The zero-order valence-corrected chi connectivity index (χ0v) is 34.8. The predicted octanol–water partition coefficient (Wildman–Crippen LogP) is 6.48. The second kappa shape index (κ2) is 19.2. The van der Waals surface area contributed by atoms with Gasteiger partial charge in [0.25, 0.3) is 0 Å². The molecule has 8 rings (SSSR count). The SMILES string of the molecule is CC(C)(C)OC(=O)N1CCC(N2CCC(N3C(=O)C[C@@H]4CCCC[C@@H]43)CC2)CC1.Cl.Cl.O=C1C[C@@H]2CCCC[C@@H]2N1C1CCN(C2CCNCC2)CC1. The summed E-state index contributed by atoms with van der Waals surface area (Å²) in [6.45, 7) is 14.3. The van der Waals surface area contributed by atoms with E-state index in [1.165, 1.54) is 103 Å². The average molecular weight is 784 g/mol. The Bertz CT molecular complexity index is 1190. The Labute approximate surface area is 333 Å². The third-order valence-electron chi connectivity index (χ3n) is 14.1. The Kier molecular flexibility index (Phi) is 15.5. The van der Waals surface area contributed by atoms with Gasteiger partial charge in [-0.2, -0.15) is 0 Å². The molecule has 12 heteroatoms. The molecule has 0 radical (unpaired) electrons. The molecule has 6 heterocycles. The van der Waals surface area contributed by atoms with Gasteiger partial charge in [0.15, 0.2) is 0 Å². The minimum Gasteiger partial charge on any atom is -0.444 e.